The molecule has 1 aliphatic heterocycles. The molecular formula is C35H30ClFN4O2S. The molecule has 2 amide bonds. The van der Waals surface area contributed by atoms with Crippen LogP contribution in [0.1, 0.15) is 33.1 Å². The number of fused-ring (bicyclic) bond motifs is 1. The summed E-state index contributed by atoms with van der Waals surface area (Å²) < 4.78 is 15.2. The highest BCUT2D eigenvalue weighted by atomic mass is 35.5. The van der Waals surface area contributed by atoms with E-state index in [1.54, 1.807) is 21.7 Å². The Hall–Kier alpha value is -4.40. The number of hydrogen-bond donors (Lipinski definition) is 1. The first kappa shape index (κ1) is 29.7. The van der Waals surface area contributed by atoms with Gasteiger partial charge in [-0.2, -0.15) is 5.10 Å². The normalized spacial score (nSPS) is 14.7. The van der Waals surface area contributed by atoms with Gasteiger partial charge in [-0.15, -0.1) is 11.8 Å². The van der Waals surface area contributed by atoms with Crippen molar-refractivity contribution in [3.8, 4) is 16.9 Å². The summed E-state index contributed by atoms with van der Waals surface area (Å²) in [6.45, 7) is 4.05. The first-order valence-electron chi connectivity index (χ1n) is 14.2. The summed E-state index contributed by atoms with van der Waals surface area (Å²) in [7, 11) is 0. The third kappa shape index (κ3) is 5.87. The van der Waals surface area contributed by atoms with Crippen LogP contribution < -0.4 is 10.2 Å². The second-order valence-electron chi connectivity index (χ2n) is 10.7. The summed E-state index contributed by atoms with van der Waals surface area (Å²) >= 11 is 8.26. The number of halogens is 2. The molecule has 0 spiro atoms. The van der Waals surface area contributed by atoms with Crippen LogP contribution in [0.5, 0.6) is 0 Å². The summed E-state index contributed by atoms with van der Waals surface area (Å²) in [4.78, 5) is 29.0. The van der Waals surface area contributed by atoms with E-state index < -0.39 is 0 Å². The van der Waals surface area contributed by atoms with Crippen LogP contribution in [0, 0.1) is 19.7 Å². The summed E-state index contributed by atoms with van der Waals surface area (Å²) in [5, 5.41) is 8.33. The number of aromatic nitrogens is 2. The molecule has 1 N–H and O–H groups in total. The zero-order chi connectivity index (χ0) is 30.8. The molecule has 0 saturated heterocycles. The van der Waals surface area contributed by atoms with E-state index in [0.29, 0.717) is 16.5 Å². The van der Waals surface area contributed by atoms with Gasteiger partial charge in [-0.25, -0.2) is 9.07 Å². The largest absolute Gasteiger partial charge is 0.350 e. The van der Waals surface area contributed by atoms with Gasteiger partial charge in [0.25, 0.3) is 0 Å². The second kappa shape index (κ2) is 12.7. The number of rotatable bonds is 7. The Morgan fingerprint density at radius 3 is 2.45 bits per heavy atom. The van der Waals surface area contributed by atoms with Crippen molar-refractivity contribution in [3.05, 3.63) is 136 Å². The van der Waals surface area contributed by atoms with Crippen molar-refractivity contribution in [1.29, 1.82) is 0 Å². The molecule has 0 unspecified atom stereocenters. The molecule has 1 aliphatic rings. The lowest BCUT2D eigenvalue weighted by molar-refractivity contribution is -0.123. The van der Waals surface area contributed by atoms with E-state index in [2.05, 4.69) is 5.32 Å². The van der Waals surface area contributed by atoms with Crippen molar-refractivity contribution >= 4 is 41.0 Å². The van der Waals surface area contributed by atoms with E-state index in [1.165, 1.54) is 23.9 Å². The lowest BCUT2D eigenvalue weighted by Crippen LogP contribution is -2.42. The highest BCUT2D eigenvalue weighted by Gasteiger charge is 2.38. The van der Waals surface area contributed by atoms with Crippen molar-refractivity contribution in [1.82, 2.24) is 15.1 Å². The molecular weight excluding hydrogens is 595 g/mol. The molecule has 5 aromatic rings. The molecule has 0 radical (unpaired) electrons. The van der Waals surface area contributed by atoms with Crippen LogP contribution >= 0.6 is 23.4 Å². The predicted molar refractivity (Wildman–Crippen MR) is 175 cm³/mol. The molecule has 0 bridgehead atoms. The minimum absolute atomic E-state index is 0.136. The van der Waals surface area contributed by atoms with Gasteiger partial charge < -0.3 is 5.32 Å². The fourth-order valence-electron chi connectivity index (χ4n) is 5.40. The predicted octanol–water partition coefficient (Wildman–Crippen LogP) is 7.43. The Bertz CT molecular complexity index is 1840. The third-order valence-electron chi connectivity index (χ3n) is 7.83. The van der Waals surface area contributed by atoms with Gasteiger partial charge in [0.05, 0.1) is 22.4 Å². The van der Waals surface area contributed by atoms with Crippen LogP contribution in [0.3, 0.4) is 0 Å². The molecule has 0 saturated carbocycles. The van der Waals surface area contributed by atoms with E-state index in [4.69, 9.17) is 16.7 Å². The van der Waals surface area contributed by atoms with Crippen LogP contribution in [-0.4, -0.2) is 33.9 Å². The maximum atomic E-state index is 14.0. The average Bonchev–Trinajstić information content (AvgIpc) is 3.35. The standard InChI is InChI=1S/C35H30ClFN4O2S/c1-22-9-8-14-29(23(22)2)41-35-32(33(39-41)25-10-4-3-5-11-25)34(27-12-6-7-13-28(27)36)44-21-31(43)40(35)20-30(42)38-19-24-15-17-26(37)18-16-24/h3-18,34H,19-21H2,1-2H3,(H,38,42)/t34-/m0/s1. The molecule has 9 heteroatoms. The number of aryl methyl sites for hydroxylation is 1. The van der Waals surface area contributed by atoms with Crippen LogP contribution in [0.15, 0.2) is 97.1 Å². The number of benzene rings is 4. The van der Waals surface area contributed by atoms with Crippen molar-refractivity contribution in [2.75, 3.05) is 17.2 Å². The number of carbonyl (C=O) groups excluding carboxylic acids is 2. The van der Waals surface area contributed by atoms with E-state index >= 15 is 0 Å². The zero-order valence-electron chi connectivity index (χ0n) is 24.3. The minimum atomic E-state index is -0.345. The Labute approximate surface area is 264 Å². The SMILES string of the molecule is Cc1cccc(-n2nc(-c3ccccc3)c3c2N(CC(=O)NCc2ccc(F)cc2)C(=O)CS[C@H]3c2ccccc2Cl)c1C. The number of hydrogen-bond acceptors (Lipinski definition) is 4. The van der Waals surface area contributed by atoms with Crippen molar-refractivity contribution < 1.29 is 14.0 Å². The third-order valence-corrected chi connectivity index (χ3v) is 9.41. The Morgan fingerprint density at radius 1 is 0.977 bits per heavy atom. The summed E-state index contributed by atoms with van der Waals surface area (Å²) in [6, 6.07) is 29.4. The number of nitrogens with zero attached hydrogens (tertiary/aromatic N) is 3. The number of anilines is 1. The maximum absolute atomic E-state index is 14.0. The quantitative estimate of drug-likeness (QED) is 0.204. The molecule has 44 heavy (non-hydrogen) atoms. The minimum Gasteiger partial charge on any atom is -0.350 e. The molecule has 2 heterocycles. The first-order valence-corrected chi connectivity index (χ1v) is 15.7. The molecule has 6 rings (SSSR count). The van der Waals surface area contributed by atoms with Gasteiger partial charge in [0.15, 0.2) is 0 Å². The molecule has 1 aromatic heterocycles. The van der Waals surface area contributed by atoms with Crippen LogP contribution in [0.4, 0.5) is 10.2 Å². The number of amides is 2. The Kier molecular flexibility index (Phi) is 8.55. The first-order chi connectivity index (χ1) is 21.3. The van der Waals surface area contributed by atoms with E-state index in [-0.39, 0.29) is 41.7 Å². The summed E-state index contributed by atoms with van der Waals surface area (Å²) in [5.74, 6) is -0.230. The van der Waals surface area contributed by atoms with Crippen LogP contribution in [0.2, 0.25) is 5.02 Å². The lowest BCUT2D eigenvalue weighted by Gasteiger charge is -2.24. The summed E-state index contributed by atoms with van der Waals surface area (Å²) in [6.07, 6.45) is 0. The van der Waals surface area contributed by atoms with Gasteiger partial charge >= 0.3 is 0 Å². The van der Waals surface area contributed by atoms with E-state index in [9.17, 15) is 14.0 Å². The average molecular weight is 625 g/mol. The topological polar surface area (TPSA) is 67.2 Å². The molecule has 222 valence electrons. The number of carbonyl (C=O) groups is 2. The fraction of sp³-hybridized carbons (Fsp3) is 0.171. The summed E-state index contributed by atoms with van der Waals surface area (Å²) in [5.41, 5.74) is 6.94. The van der Waals surface area contributed by atoms with E-state index in [0.717, 1.165) is 39.1 Å². The Morgan fingerprint density at radius 2 is 1.70 bits per heavy atom. The molecule has 1 atom stereocenters. The van der Waals surface area contributed by atoms with E-state index in [1.807, 2.05) is 86.6 Å². The highest BCUT2D eigenvalue weighted by Crippen LogP contribution is 2.50. The molecule has 0 fully saturated rings. The molecule has 6 nitrogen and oxygen atoms in total. The second-order valence-corrected chi connectivity index (χ2v) is 12.2. The van der Waals surface area contributed by atoms with Crippen LogP contribution in [-0.2, 0) is 16.1 Å². The number of nitrogens with one attached hydrogen (secondary N) is 1. The maximum Gasteiger partial charge on any atom is 0.240 e. The van der Waals surface area contributed by atoms with Crippen LogP contribution in [0.25, 0.3) is 16.9 Å². The zero-order valence-corrected chi connectivity index (χ0v) is 25.8. The van der Waals surface area contributed by atoms with Gasteiger partial charge in [0, 0.05) is 22.7 Å². The van der Waals surface area contributed by atoms with Gasteiger partial charge in [0.2, 0.25) is 11.8 Å². The van der Waals surface area contributed by atoms with Crippen molar-refractivity contribution in [2.24, 2.45) is 0 Å². The van der Waals surface area contributed by atoms with Gasteiger partial charge in [0.1, 0.15) is 18.2 Å². The molecule has 0 aliphatic carbocycles. The van der Waals surface area contributed by atoms with Gasteiger partial charge in [-0.3, -0.25) is 14.5 Å². The Balaban J connectivity index is 1.53. The molecule has 4 aromatic carbocycles. The van der Waals surface area contributed by atoms with Crippen molar-refractivity contribution in [2.45, 2.75) is 25.6 Å². The fourth-order valence-corrected chi connectivity index (χ4v) is 6.94. The van der Waals surface area contributed by atoms with Gasteiger partial charge in [-0.1, -0.05) is 84.4 Å². The van der Waals surface area contributed by atoms with Crippen molar-refractivity contribution in [3.63, 3.8) is 0 Å². The van der Waals surface area contributed by atoms with Gasteiger partial charge in [-0.05, 0) is 60.4 Å². The lowest BCUT2D eigenvalue weighted by atomic mass is 9.99. The highest BCUT2D eigenvalue weighted by molar-refractivity contribution is 8.00. The number of thioether (sulfide) groups is 1. The monoisotopic (exact) mass is 624 g/mol. The smallest absolute Gasteiger partial charge is 0.240 e.